The van der Waals surface area contributed by atoms with Gasteiger partial charge in [-0.05, 0) is 42.5 Å². The predicted octanol–water partition coefficient (Wildman–Crippen LogP) is 4.44. The van der Waals surface area contributed by atoms with Crippen LogP contribution in [0.4, 0.5) is 0 Å². The number of rotatable bonds is 0. The molecule has 0 bridgehead atoms. The predicted molar refractivity (Wildman–Crippen MR) is 138 cm³/mol. The fraction of sp³-hybridized carbons (Fsp3) is 0. The summed E-state index contributed by atoms with van der Waals surface area (Å²) in [5, 5.41) is 0. The molecule has 0 fully saturated rings. The number of aromatic nitrogens is 11. The first-order chi connectivity index (χ1) is 17.9. The molecule has 8 rings (SSSR count). The summed E-state index contributed by atoms with van der Waals surface area (Å²) in [6, 6.07) is 17.4. The number of aromatic amines is 4. The molecule has 11 nitrogen and oxygen atoms in total. The average Bonchev–Trinajstić information content (AvgIpc) is 3.76. The minimum absolute atomic E-state index is 0.775. The number of para-hydroxylation sites is 2. The molecular formula is C25H21N11. The van der Waals surface area contributed by atoms with E-state index in [0.29, 0.717) is 0 Å². The molecule has 0 aliphatic rings. The Morgan fingerprint density at radius 1 is 0.417 bits per heavy atom. The van der Waals surface area contributed by atoms with Gasteiger partial charge in [0, 0.05) is 18.6 Å². The van der Waals surface area contributed by atoms with Crippen LogP contribution >= 0.6 is 0 Å². The van der Waals surface area contributed by atoms with Crippen molar-refractivity contribution < 1.29 is 0 Å². The Bertz CT molecular complexity index is 1390. The van der Waals surface area contributed by atoms with E-state index in [0.717, 1.165) is 44.4 Å². The second-order valence-electron chi connectivity index (χ2n) is 7.27. The molecule has 0 saturated heterocycles. The lowest BCUT2D eigenvalue weighted by Gasteiger charge is -1.81. The van der Waals surface area contributed by atoms with E-state index in [1.165, 1.54) is 0 Å². The van der Waals surface area contributed by atoms with Gasteiger partial charge in [-0.3, -0.25) is 4.98 Å². The van der Waals surface area contributed by atoms with Gasteiger partial charge in [-0.2, -0.15) is 0 Å². The molecule has 0 spiro atoms. The van der Waals surface area contributed by atoms with Crippen molar-refractivity contribution in [2.75, 3.05) is 0 Å². The number of nitrogens with one attached hydrogen (secondary N) is 4. The fourth-order valence-corrected chi connectivity index (χ4v) is 3.21. The van der Waals surface area contributed by atoms with Gasteiger partial charge in [-0.15, -0.1) is 0 Å². The molecule has 7 aromatic heterocycles. The molecule has 0 amide bonds. The molecule has 36 heavy (non-hydrogen) atoms. The quantitative estimate of drug-likeness (QED) is 0.253. The normalized spacial score (nSPS) is 10.2. The summed E-state index contributed by atoms with van der Waals surface area (Å²) in [7, 11) is 0. The number of benzene rings is 1. The summed E-state index contributed by atoms with van der Waals surface area (Å²) in [5.74, 6) is 0. The van der Waals surface area contributed by atoms with Crippen molar-refractivity contribution in [1.29, 1.82) is 0 Å². The highest BCUT2D eigenvalue weighted by molar-refractivity contribution is 5.74. The fourth-order valence-electron chi connectivity index (χ4n) is 3.21. The van der Waals surface area contributed by atoms with Crippen LogP contribution in [0, 0.1) is 0 Å². The zero-order valence-electron chi connectivity index (χ0n) is 18.9. The second kappa shape index (κ2) is 11.1. The maximum atomic E-state index is 4.06. The highest BCUT2D eigenvalue weighted by Gasteiger charge is 1.92. The van der Waals surface area contributed by atoms with Crippen LogP contribution in [0.1, 0.15) is 0 Å². The summed E-state index contributed by atoms with van der Waals surface area (Å²) in [6.07, 6.45) is 13.6. The molecule has 0 saturated carbocycles. The molecule has 11 heteroatoms. The Balaban J connectivity index is 0.0000000988. The Kier molecular flexibility index (Phi) is 6.90. The van der Waals surface area contributed by atoms with Crippen molar-refractivity contribution in [3.05, 3.63) is 105 Å². The molecule has 0 radical (unpaired) electrons. The summed E-state index contributed by atoms with van der Waals surface area (Å²) in [4.78, 5) is 39.7. The molecule has 0 unspecified atom stereocenters. The first kappa shape index (κ1) is 22.3. The van der Waals surface area contributed by atoms with E-state index < -0.39 is 0 Å². The first-order valence-electron chi connectivity index (χ1n) is 11.0. The summed E-state index contributed by atoms with van der Waals surface area (Å²) < 4.78 is 0. The van der Waals surface area contributed by atoms with E-state index in [1.807, 2.05) is 54.6 Å². The van der Waals surface area contributed by atoms with Gasteiger partial charge < -0.3 is 19.9 Å². The van der Waals surface area contributed by atoms with Crippen molar-refractivity contribution >= 4 is 44.4 Å². The van der Waals surface area contributed by atoms with E-state index >= 15 is 0 Å². The third kappa shape index (κ3) is 5.54. The van der Waals surface area contributed by atoms with E-state index in [9.17, 15) is 0 Å². The van der Waals surface area contributed by atoms with Crippen molar-refractivity contribution in [2.45, 2.75) is 0 Å². The lowest BCUT2D eigenvalue weighted by atomic mass is 10.3. The number of pyridine rings is 3. The van der Waals surface area contributed by atoms with Crippen LogP contribution in [-0.2, 0) is 0 Å². The van der Waals surface area contributed by atoms with Crippen molar-refractivity contribution in [1.82, 2.24) is 54.8 Å². The molecule has 8 aromatic rings. The number of nitrogens with zero attached hydrogens (tertiary/aromatic N) is 7. The number of H-pyrrole nitrogens is 4. The summed E-state index contributed by atoms with van der Waals surface area (Å²) in [5.41, 5.74) is 7.59. The van der Waals surface area contributed by atoms with Gasteiger partial charge in [-0.1, -0.05) is 12.1 Å². The first-order valence-corrected chi connectivity index (χ1v) is 11.0. The maximum absolute atomic E-state index is 4.06. The van der Waals surface area contributed by atoms with Crippen LogP contribution in [0.3, 0.4) is 0 Å². The second-order valence-corrected chi connectivity index (χ2v) is 7.27. The van der Waals surface area contributed by atoms with Crippen molar-refractivity contribution in [2.24, 2.45) is 0 Å². The highest BCUT2D eigenvalue weighted by Crippen LogP contribution is 2.06. The Hall–Kier alpha value is -5.45. The number of imidazole rings is 4. The van der Waals surface area contributed by atoms with Gasteiger partial charge in [0.15, 0.2) is 11.3 Å². The van der Waals surface area contributed by atoms with E-state index in [1.54, 1.807) is 50.1 Å². The van der Waals surface area contributed by atoms with E-state index in [4.69, 9.17) is 0 Å². The van der Waals surface area contributed by atoms with E-state index in [2.05, 4.69) is 54.8 Å². The van der Waals surface area contributed by atoms with Gasteiger partial charge in [0.25, 0.3) is 0 Å². The number of hydrogen-bond acceptors (Lipinski definition) is 7. The Labute approximate surface area is 204 Å². The molecule has 0 atom stereocenters. The van der Waals surface area contributed by atoms with Gasteiger partial charge in [0.1, 0.15) is 0 Å². The van der Waals surface area contributed by atoms with Crippen LogP contribution in [0.15, 0.2) is 105 Å². The zero-order chi connectivity index (χ0) is 24.4. The smallest absolute Gasteiger partial charge is 0.177 e. The van der Waals surface area contributed by atoms with Crippen LogP contribution in [0.2, 0.25) is 0 Å². The highest BCUT2D eigenvalue weighted by atomic mass is 14.9. The largest absolute Gasteiger partial charge is 0.345 e. The Morgan fingerprint density at radius 2 is 0.944 bits per heavy atom. The van der Waals surface area contributed by atoms with Gasteiger partial charge in [-0.25, -0.2) is 29.9 Å². The minimum atomic E-state index is 0.775. The molecular weight excluding hydrogens is 454 g/mol. The molecule has 0 aliphatic carbocycles. The SMILES string of the molecule is c1cc2nc[nH]c2cn1.c1ccc2[nH]cnc2c1.c1cnc2nc[nH]c2c1.c1cnc2nc[nH]c2c1. The van der Waals surface area contributed by atoms with Gasteiger partial charge in [0.2, 0.25) is 0 Å². The maximum Gasteiger partial charge on any atom is 0.177 e. The lowest BCUT2D eigenvalue weighted by molar-refractivity contribution is 1.30. The summed E-state index contributed by atoms with van der Waals surface area (Å²) >= 11 is 0. The zero-order valence-corrected chi connectivity index (χ0v) is 18.9. The standard InChI is InChI=1S/C7H6N2.3C6H5N3/c1-2-4-7-6(3-1)8-5-9-7;1-2-7-3-6-5(1)8-4-9-6;2*1-2-5-6(7-3-1)9-4-8-5/h1-5H,(H,8,9);1-4H,(H,8,9);2*1-4H,(H,7,8,9). The van der Waals surface area contributed by atoms with Crippen LogP contribution < -0.4 is 0 Å². The molecule has 4 N–H and O–H groups in total. The number of fused-ring (bicyclic) bond motifs is 4. The van der Waals surface area contributed by atoms with Gasteiger partial charge >= 0.3 is 0 Å². The molecule has 1 aromatic carbocycles. The van der Waals surface area contributed by atoms with Crippen LogP contribution in [0.5, 0.6) is 0 Å². The lowest BCUT2D eigenvalue weighted by Crippen LogP contribution is -1.71. The monoisotopic (exact) mass is 475 g/mol. The topological polar surface area (TPSA) is 153 Å². The Morgan fingerprint density at radius 3 is 1.56 bits per heavy atom. The van der Waals surface area contributed by atoms with Crippen LogP contribution in [0.25, 0.3) is 44.4 Å². The van der Waals surface area contributed by atoms with E-state index in [-0.39, 0.29) is 0 Å². The van der Waals surface area contributed by atoms with Gasteiger partial charge in [0.05, 0.1) is 64.6 Å². The molecule has 176 valence electrons. The molecule has 7 heterocycles. The number of hydrogen-bond donors (Lipinski definition) is 4. The third-order valence-electron chi connectivity index (χ3n) is 4.94. The van der Waals surface area contributed by atoms with Crippen LogP contribution in [-0.4, -0.2) is 54.8 Å². The molecule has 0 aliphatic heterocycles. The summed E-state index contributed by atoms with van der Waals surface area (Å²) in [6.45, 7) is 0. The van der Waals surface area contributed by atoms with Crippen molar-refractivity contribution in [3.63, 3.8) is 0 Å². The third-order valence-corrected chi connectivity index (χ3v) is 4.94. The average molecular weight is 476 g/mol. The van der Waals surface area contributed by atoms with Crippen molar-refractivity contribution in [3.8, 4) is 0 Å². The minimum Gasteiger partial charge on any atom is -0.345 e.